The third-order valence-corrected chi connectivity index (χ3v) is 6.94. The van der Waals surface area contributed by atoms with Gasteiger partial charge in [0.1, 0.15) is 0 Å². The van der Waals surface area contributed by atoms with Crippen LogP contribution in [0.4, 0.5) is 0 Å². The smallest absolute Gasteiger partial charge is 0.234 e. The van der Waals surface area contributed by atoms with Crippen molar-refractivity contribution < 1.29 is 16.8 Å². The van der Waals surface area contributed by atoms with Crippen LogP contribution in [-0.4, -0.2) is 57.9 Å². The van der Waals surface area contributed by atoms with Gasteiger partial charge in [0.2, 0.25) is 0 Å². The summed E-state index contributed by atoms with van der Waals surface area (Å²) in [7, 11) is -3.68. The maximum atomic E-state index is 12.7. The van der Waals surface area contributed by atoms with Crippen LogP contribution in [0.25, 0.3) is 0 Å². The Kier molecular flexibility index (Phi) is 4.19. The number of sulfone groups is 1. The van der Waals surface area contributed by atoms with Gasteiger partial charge < -0.3 is 0 Å². The lowest BCUT2D eigenvalue weighted by Gasteiger charge is -2.32. The van der Waals surface area contributed by atoms with Gasteiger partial charge in [-0.1, -0.05) is 18.2 Å². The van der Waals surface area contributed by atoms with Crippen LogP contribution < -0.4 is 0 Å². The Labute approximate surface area is 119 Å². The van der Waals surface area contributed by atoms with E-state index in [0.717, 1.165) is 0 Å². The summed E-state index contributed by atoms with van der Waals surface area (Å²) in [5.41, 5.74) is 0. The summed E-state index contributed by atoms with van der Waals surface area (Å²) in [6, 6.07) is 7.50. The molecule has 0 saturated carbocycles. The normalized spacial score (nSPS) is 22.5. The van der Waals surface area contributed by atoms with Crippen molar-refractivity contribution in [1.82, 2.24) is 9.42 Å². The molecule has 0 aromatic heterocycles. The highest BCUT2D eigenvalue weighted by Crippen LogP contribution is 2.25. The molecule has 1 aliphatic rings. The third-order valence-electron chi connectivity index (χ3n) is 3.20. The van der Waals surface area contributed by atoms with Crippen LogP contribution in [0.15, 0.2) is 35.2 Å². The molecule has 0 N–H and O–H groups in total. The minimum absolute atomic E-state index is 0.0340. The summed E-state index contributed by atoms with van der Waals surface area (Å²) in [4.78, 5) is 0.165. The van der Waals surface area contributed by atoms with E-state index >= 15 is 0 Å². The predicted molar refractivity (Wildman–Crippen MR) is 76.2 cm³/mol. The van der Waals surface area contributed by atoms with Gasteiger partial charge in [0.05, 0.1) is 22.4 Å². The van der Waals surface area contributed by atoms with Crippen molar-refractivity contribution in [1.29, 1.82) is 0 Å². The minimum Gasteiger partial charge on any atom is -0.234 e. The van der Waals surface area contributed by atoms with E-state index in [1.807, 2.05) is 0 Å². The highest BCUT2D eigenvalue weighted by atomic mass is 32.2. The number of hydrogen-bond donors (Lipinski definition) is 0. The summed E-state index contributed by atoms with van der Waals surface area (Å²) >= 11 is 0. The highest BCUT2D eigenvalue weighted by Gasteiger charge is 2.40. The molecule has 0 spiro atoms. The molecule has 0 amide bonds. The maximum Gasteiger partial charge on any atom is 0.256 e. The van der Waals surface area contributed by atoms with E-state index in [2.05, 4.69) is 0 Å². The number of rotatable bonds is 4. The average Bonchev–Trinajstić information content (AvgIpc) is 2.69. The van der Waals surface area contributed by atoms with Crippen LogP contribution in [0.2, 0.25) is 0 Å². The molecule has 112 valence electrons. The van der Waals surface area contributed by atoms with Gasteiger partial charge in [-0.15, -0.1) is 4.41 Å². The Morgan fingerprint density at radius 3 is 2.20 bits per heavy atom. The summed E-state index contributed by atoms with van der Waals surface area (Å²) in [6.45, 7) is 0. The SMILES string of the molecule is CN(C)N([C@H]1CCS(=O)(=O)C1)S(=O)(=O)c1ccccc1. The Balaban J connectivity index is 2.40. The van der Waals surface area contributed by atoms with Crippen molar-refractivity contribution in [2.24, 2.45) is 0 Å². The van der Waals surface area contributed by atoms with Crippen LogP contribution in [0.5, 0.6) is 0 Å². The number of nitrogens with zero attached hydrogens (tertiary/aromatic N) is 2. The molecule has 2 rings (SSSR count). The number of sulfonamides is 1. The Morgan fingerprint density at radius 2 is 1.75 bits per heavy atom. The van der Waals surface area contributed by atoms with Crippen molar-refractivity contribution in [3.8, 4) is 0 Å². The molecule has 0 bridgehead atoms. The predicted octanol–water partition coefficient (Wildman–Crippen LogP) is 0.341. The van der Waals surface area contributed by atoms with Crippen molar-refractivity contribution in [2.75, 3.05) is 25.6 Å². The fourth-order valence-corrected chi connectivity index (χ4v) is 5.89. The summed E-state index contributed by atoms with van der Waals surface area (Å²) in [6.07, 6.45) is 0.326. The fourth-order valence-electron chi connectivity index (χ4n) is 2.39. The van der Waals surface area contributed by atoms with E-state index in [9.17, 15) is 16.8 Å². The van der Waals surface area contributed by atoms with E-state index < -0.39 is 25.9 Å². The molecule has 1 aromatic carbocycles. The van der Waals surface area contributed by atoms with Gasteiger partial charge in [0, 0.05) is 14.1 Å². The van der Waals surface area contributed by atoms with E-state index in [0.29, 0.717) is 6.42 Å². The number of hydrogen-bond acceptors (Lipinski definition) is 5. The standard InChI is InChI=1S/C12H18N2O4S2/c1-13(2)14(11-8-9-19(15,16)10-11)20(17,18)12-6-4-3-5-7-12/h3-7,11H,8-10H2,1-2H3/t11-/m0/s1. The molecule has 8 heteroatoms. The third kappa shape index (κ3) is 3.03. The van der Waals surface area contributed by atoms with E-state index in [1.165, 1.54) is 21.6 Å². The average molecular weight is 318 g/mol. The molecule has 6 nitrogen and oxygen atoms in total. The quantitative estimate of drug-likeness (QED) is 0.749. The molecule has 1 saturated heterocycles. The first kappa shape index (κ1) is 15.4. The van der Waals surface area contributed by atoms with Gasteiger partial charge in [-0.25, -0.2) is 21.8 Å². The van der Waals surface area contributed by atoms with Crippen LogP contribution in [-0.2, 0) is 19.9 Å². The Hall–Kier alpha value is -0.960. The molecule has 0 unspecified atom stereocenters. The lowest BCUT2D eigenvalue weighted by molar-refractivity contribution is 0.0893. The van der Waals surface area contributed by atoms with Gasteiger partial charge >= 0.3 is 0 Å². The van der Waals surface area contributed by atoms with Gasteiger partial charge in [0.25, 0.3) is 10.0 Å². The van der Waals surface area contributed by atoms with Gasteiger partial charge in [0.15, 0.2) is 9.84 Å². The molecule has 1 fully saturated rings. The van der Waals surface area contributed by atoms with E-state index in [-0.39, 0.29) is 16.4 Å². The van der Waals surface area contributed by atoms with Crippen LogP contribution in [0.1, 0.15) is 6.42 Å². The van der Waals surface area contributed by atoms with Crippen LogP contribution in [0, 0.1) is 0 Å². The largest absolute Gasteiger partial charge is 0.256 e. The topological polar surface area (TPSA) is 74.8 Å². The van der Waals surface area contributed by atoms with E-state index in [1.54, 1.807) is 32.3 Å². The van der Waals surface area contributed by atoms with Crippen molar-refractivity contribution >= 4 is 19.9 Å². The lowest BCUT2D eigenvalue weighted by atomic mass is 10.3. The fraction of sp³-hybridized carbons (Fsp3) is 0.500. The number of benzene rings is 1. The summed E-state index contributed by atoms with van der Waals surface area (Å²) in [5.74, 6) is -0.0937. The molecule has 1 aliphatic heterocycles. The van der Waals surface area contributed by atoms with Gasteiger partial charge in [-0.05, 0) is 18.6 Å². The molecular weight excluding hydrogens is 300 g/mol. The first-order chi connectivity index (χ1) is 9.24. The zero-order chi connectivity index (χ0) is 15.0. The molecule has 1 aromatic rings. The van der Waals surface area contributed by atoms with Crippen molar-refractivity contribution in [2.45, 2.75) is 17.4 Å². The van der Waals surface area contributed by atoms with Crippen molar-refractivity contribution in [3.63, 3.8) is 0 Å². The monoisotopic (exact) mass is 318 g/mol. The minimum atomic E-state index is -3.74. The first-order valence-corrected chi connectivity index (χ1v) is 9.47. The van der Waals surface area contributed by atoms with Crippen LogP contribution >= 0.6 is 0 Å². The Bertz CT molecular complexity index is 669. The van der Waals surface area contributed by atoms with Gasteiger partial charge in [-0.2, -0.15) is 0 Å². The second kappa shape index (κ2) is 5.44. The second-order valence-electron chi connectivity index (χ2n) is 4.99. The highest BCUT2D eigenvalue weighted by molar-refractivity contribution is 7.92. The molecule has 1 heterocycles. The molecular formula is C12H18N2O4S2. The zero-order valence-electron chi connectivity index (χ0n) is 11.4. The molecule has 20 heavy (non-hydrogen) atoms. The number of hydrazine groups is 1. The first-order valence-electron chi connectivity index (χ1n) is 6.21. The van der Waals surface area contributed by atoms with Gasteiger partial charge in [-0.3, -0.25) is 0 Å². The molecule has 0 aliphatic carbocycles. The lowest BCUT2D eigenvalue weighted by Crippen LogP contribution is -2.49. The van der Waals surface area contributed by atoms with Crippen molar-refractivity contribution in [3.05, 3.63) is 30.3 Å². The van der Waals surface area contributed by atoms with E-state index in [4.69, 9.17) is 0 Å². The Morgan fingerprint density at radius 1 is 1.15 bits per heavy atom. The molecule has 0 radical (unpaired) electrons. The summed E-state index contributed by atoms with van der Waals surface area (Å²) in [5, 5.41) is 1.44. The zero-order valence-corrected chi connectivity index (χ0v) is 13.1. The second-order valence-corrected chi connectivity index (χ2v) is 9.02. The van der Waals surface area contributed by atoms with Crippen LogP contribution in [0.3, 0.4) is 0 Å². The maximum absolute atomic E-state index is 12.7. The molecule has 1 atom stereocenters. The summed E-state index contributed by atoms with van der Waals surface area (Å²) < 4.78 is 49.7.